The number of nitrogens with zero attached hydrogens (tertiary/aromatic N) is 2. The van der Waals surface area contributed by atoms with Crippen LogP contribution in [0.4, 0.5) is 0 Å². The van der Waals surface area contributed by atoms with E-state index in [4.69, 9.17) is 0 Å². The second kappa shape index (κ2) is 8.86. The lowest BCUT2D eigenvalue weighted by Gasteiger charge is -2.46. The van der Waals surface area contributed by atoms with Crippen molar-refractivity contribution in [1.82, 2.24) is 15.1 Å². The predicted octanol–water partition coefficient (Wildman–Crippen LogP) is 3.15. The Labute approximate surface area is 174 Å². The number of amides is 2. The number of likely N-dealkylation sites (tertiary alicyclic amines) is 2. The molecule has 1 aromatic rings. The van der Waals surface area contributed by atoms with Gasteiger partial charge in [0.1, 0.15) is 0 Å². The number of piperidine rings is 2. The molecule has 158 valence electrons. The molecule has 0 aromatic heterocycles. The number of hydrogen-bond acceptors (Lipinski definition) is 3. The zero-order valence-electron chi connectivity index (χ0n) is 18.0. The van der Waals surface area contributed by atoms with Crippen LogP contribution in [0.5, 0.6) is 0 Å². The molecule has 1 N–H and O–H groups in total. The van der Waals surface area contributed by atoms with Gasteiger partial charge >= 0.3 is 0 Å². The number of carbonyl (C=O) groups is 2. The fourth-order valence-corrected chi connectivity index (χ4v) is 5.33. The van der Waals surface area contributed by atoms with Crippen molar-refractivity contribution in [2.75, 3.05) is 32.7 Å². The van der Waals surface area contributed by atoms with Gasteiger partial charge in [0.05, 0.1) is 0 Å². The summed E-state index contributed by atoms with van der Waals surface area (Å²) in [6.45, 7) is 8.72. The number of fused-ring (bicyclic) bond motifs is 2. The van der Waals surface area contributed by atoms with E-state index in [1.807, 2.05) is 17.0 Å². The summed E-state index contributed by atoms with van der Waals surface area (Å²) in [6.07, 6.45) is 6.16. The highest BCUT2D eigenvalue weighted by molar-refractivity contribution is 5.94. The molecule has 3 saturated heterocycles. The van der Waals surface area contributed by atoms with Gasteiger partial charge in [0.15, 0.2) is 0 Å². The summed E-state index contributed by atoms with van der Waals surface area (Å²) >= 11 is 0. The minimum atomic E-state index is 0.174. The van der Waals surface area contributed by atoms with Crippen molar-refractivity contribution in [3.05, 3.63) is 34.9 Å². The van der Waals surface area contributed by atoms with Gasteiger partial charge in [-0.1, -0.05) is 6.07 Å². The van der Waals surface area contributed by atoms with E-state index in [1.165, 1.54) is 17.5 Å². The standard InChI is InChI=1S/C24H35N3O2/c1-17-8-9-20(12-18(17)2)24(29)27-15-19-13-21(16-27)22(25-14-19)6-5-7-23(28)26-10-3-4-11-26/h8-9,12,19,21-22,25H,3-7,10-11,13-16H2,1-2H3/t19?,21?,22-/m1/s1. The molecule has 2 amide bonds. The maximum atomic E-state index is 13.1. The van der Waals surface area contributed by atoms with E-state index in [-0.39, 0.29) is 5.91 Å². The van der Waals surface area contributed by atoms with Gasteiger partial charge in [0.2, 0.25) is 5.91 Å². The number of nitrogens with one attached hydrogen (secondary N) is 1. The first-order valence-corrected chi connectivity index (χ1v) is 11.4. The van der Waals surface area contributed by atoms with Crippen LogP contribution in [-0.2, 0) is 4.79 Å². The second-order valence-electron chi connectivity index (χ2n) is 9.37. The van der Waals surface area contributed by atoms with E-state index in [0.717, 1.165) is 64.0 Å². The molecule has 3 heterocycles. The monoisotopic (exact) mass is 397 g/mol. The van der Waals surface area contributed by atoms with E-state index in [0.29, 0.717) is 30.2 Å². The number of carbonyl (C=O) groups excluding carboxylic acids is 2. The quantitative estimate of drug-likeness (QED) is 0.830. The average molecular weight is 398 g/mol. The van der Waals surface area contributed by atoms with Gasteiger partial charge in [0, 0.05) is 44.2 Å². The van der Waals surface area contributed by atoms with Gasteiger partial charge in [-0.05, 0) is 87.6 Å². The smallest absolute Gasteiger partial charge is 0.253 e. The molecule has 0 radical (unpaired) electrons. The van der Waals surface area contributed by atoms with Crippen LogP contribution >= 0.6 is 0 Å². The van der Waals surface area contributed by atoms with Gasteiger partial charge in [0.25, 0.3) is 5.91 Å². The first-order valence-electron chi connectivity index (χ1n) is 11.4. The van der Waals surface area contributed by atoms with Crippen molar-refractivity contribution in [3.63, 3.8) is 0 Å². The van der Waals surface area contributed by atoms with E-state index >= 15 is 0 Å². The van der Waals surface area contributed by atoms with Crippen LogP contribution in [0.25, 0.3) is 0 Å². The lowest BCUT2D eigenvalue weighted by Crippen LogP contribution is -2.57. The second-order valence-corrected chi connectivity index (χ2v) is 9.37. The number of benzene rings is 1. The molecule has 2 bridgehead atoms. The van der Waals surface area contributed by atoms with Gasteiger partial charge < -0.3 is 15.1 Å². The molecule has 0 saturated carbocycles. The molecule has 1 aromatic carbocycles. The molecular weight excluding hydrogens is 362 g/mol. The average Bonchev–Trinajstić information content (AvgIpc) is 3.26. The zero-order chi connectivity index (χ0) is 20.4. The van der Waals surface area contributed by atoms with Crippen LogP contribution in [0.1, 0.15) is 60.0 Å². The van der Waals surface area contributed by atoms with Gasteiger partial charge in [-0.25, -0.2) is 0 Å². The van der Waals surface area contributed by atoms with Crippen molar-refractivity contribution in [2.45, 2.75) is 58.4 Å². The third-order valence-electron chi connectivity index (χ3n) is 7.21. The molecule has 3 fully saturated rings. The highest BCUT2D eigenvalue weighted by Crippen LogP contribution is 2.31. The molecule has 3 aliphatic heterocycles. The normalized spacial score (nSPS) is 26.6. The molecule has 29 heavy (non-hydrogen) atoms. The van der Waals surface area contributed by atoms with Crippen molar-refractivity contribution in [1.29, 1.82) is 0 Å². The summed E-state index contributed by atoms with van der Waals surface area (Å²) in [5.41, 5.74) is 3.22. The van der Waals surface area contributed by atoms with E-state index < -0.39 is 0 Å². The van der Waals surface area contributed by atoms with Gasteiger partial charge in [-0.15, -0.1) is 0 Å². The van der Waals surface area contributed by atoms with E-state index in [1.54, 1.807) is 0 Å². The highest BCUT2D eigenvalue weighted by Gasteiger charge is 2.38. The third kappa shape index (κ3) is 4.66. The fourth-order valence-electron chi connectivity index (χ4n) is 5.33. The summed E-state index contributed by atoms with van der Waals surface area (Å²) in [6, 6.07) is 6.47. The highest BCUT2D eigenvalue weighted by atomic mass is 16.2. The summed E-state index contributed by atoms with van der Waals surface area (Å²) < 4.78 is 0. The third-order valence-corrected chi connectivity index (χ3v) is 7.21. The Hall–Kier alpha value is -1.88. The molecule has 5 heteroatoms. The molecule has 0 aliphatic carbocycles. The molecule has 5 nitrogen and oxygen atoms in total. The fraction of sp³-hybridized carbons (Fsp3) is 0.667. The Morgan fingerprint density at radius 3 is 2.62 bits per heavy atom. The Morgan fingerprint density at radius 2 is 1.86 bits per heavy atom. The molecule has 0 spiro atoms. The molecule has 3 aliphatic rings. The minimum absolute atomic E-state index is 0.174. The van der Waals surface area contributed by atoms with Crippen LogP contribution in [-0.4, -0.2) is 60.4 Å². The van der Waals surface area contributed by atoms with Crippen molar-refractivity contribution >= 4 is 11.8 Å². The maximum Gasteiger partial charge on any atom is 0.253 e. The van der Waals surface area contributed by atoms with Crippen LogP contribution in [0.2, 0.25) is 0 Å². The predicted molar refractivity (Wildman–Crippen MR) is 115 cm³/mol. The van der Waals surface area contributed by atoms with Crippen molar-refractivity contribution < 1.29 is 9.59 Å². The van der Waals surface area contributed by atoms with Crippen LogP contribution < -0.4 is 5.32 Å². The van der Waals surface area contributed by atoms with Crippen LogP contribution in [0.15, 0.2) is 18.2 Å². The number of rotatable bonds is 5. The lowest BCUT2D eigenvalue weighted by molar-refractivity contribution is -0.130. The molecule has 3 atom stereocenters. The zero-order valence-corrected chi connectivity index (χ0v) is 18.0. The SMILES string of the molecule is Cc1ccc(C(=O)N2CC3CN[C@H](CCCC(=O)N4CCCC4)C(C3)C2)cc1C. The van der Waals surface area contributed by atoms with E-state index in [2.05, 4.69) is 30.1 Å². The Balaban J connectivity index is 1.32. The van der Waals surface area contributed by atoms with Gasteiger partial charge in [-0.3, -0.25) is 9.59 Å². The van der Waals surface area contributed by atoms with E-state index in [9.17, 15) is 9.59 Å². The Morgan fingerprint density at radius 1 is 1.07 bits per heavy atom. The number of aryl methyl sites for hydroxylation is 2. The van der Waals surface area contributed by atoms with Crippen molar-refractivity contribution in [3.8, 4) is 0 Å². The molecule has 2 unspecified atom stereocenters. The van der Waals surface area contributed by atoms with Crippen molar-refractivity contribution in [2.24, 2.45) is 11.8 Å². The summed E-state index contributed by atoms with van der Waals surface area (Å²) in [5, 5.41) is 3.72. The first-order chi connectivity index (χ1) is 14.0. The summed E-state index contributed by atoms with van der Waals surface area (Å²) in [5.74, 6) is 1.55. The van der Waals surface area contributed by atoms with Crippen LogP contribution in [0, 0.1) is 25.7 Å². The largest absolute Gasteiger partial charge is 0.343 e. The van der Waals surface area contributed by atoms with Crippen LogP contribution in [0.3, 0.4) is 0 Å². The first kappa shape index (κ1) is 20.4. The minimum Gasteiger partial charge on any atom is -0.343 e. The Kier molecular flexibility index (Phi) is 6.23. The van der Waals surface area contributed by atoms with Gasteiger partial charge in [-0.2, -0.15) is 0 Å². The molecule has 4 rings (SSSR count). The topological polar surface area (TPSA) is 52.7 Å². The number of hydrogen-bond donors (Lipinski definition) is 1. The maximum absolute atomic E-state index is 13.1. The summed E-state index contributed by atoms with van der Waals surface area (Å²) in [4.78, 5) is 29.5. The summed E-state index contributed by atoms with van der Waals surface area (Å²) in [7, 11) is 0. The molecular formula is C24H35N3O2. The lowest BCUT2D eigenvalue weighted by atomic mass is 9.78. The Bertz CT molecular complexity index is 756.